The molecule has 0 fully saturated rings. The zero-order valence-corrected chi connectivity index (χ0v) is 5.56. The SMILES string of the molecule is [AlH3].[Mo].[Ni].[V]. The molecule has 0 nitrogen and oxygen atoms in total. The van der Waals surface area contributed by atoms with E-state index in [0.29, 0.717) is 0 Å². The van der Waals surface area contributed by atoms with E-state index in [-0.39, 0.29) is 73.5 Å². The van der Waals surface area contributed by atoms with Crippen LogP contribution in [0.4, 0.5) is 0 Å². The third-order valence-electron chi connectivity index (χ3n) is 0. The standard InChI is InChI=1S/Al.Mo.Ni.V.3H. The van der Waals surface area contributed by atoms with E-state index in [0.717, 1.165) is 0 Å². The molecule has 1 radical (unpaired) electrons. The quantitative estimate of drug-likeness (QED) is 0.463. The van der Waals surface area contributed by atoms with E-state index in [1.165, 1.54) is 0 Å². The predicted molar refractivity (Wildman–Crippen MR) is 9.94 cm³/mol. The van der Waals surface area contributed by atoms with E-state index in [9.17, 15) is 0 Å². The largest absolute Gasteiger partial charge is 0.187 e. The van der Waals surface area contributed by atoms with E-state index >= 15 is 0 Å². The fourth-order valence-corrected chi connectivity index (χ4v) is 0. The molecule has 0 atom stereocenters. The Labute approximate surface area is 72.7 Å². The number of hydrogen-bond donors (Lipinski definition) is 0. The van der Waals surface area contributed by atoms with Gasteiger partial charge in [-0.3, -0.25) is 0 Å². The van der Waals surface area contributed by atoms with Gasteiger partial charge < -0.3 is 0 Å². The van der Waals surface area contributed by atoms with Crippen LogP contribution in [0, 0.1) is 0 Å². The van der Waals surface area contributed by atoms with Crippen LogP contribution < -0.4 is 0 Å². The van der Waals surface area contributed by atoms with Crippen molar-refractivity contribution in [2.45, 2.75) is 0 Å². The molecule has 4 heteroatoms. The van der Waals surface area contributed by atoms with Crippen LogP contribution in [0.3, 0.4) is 0 Å². The molecule has 0 amide bonds. The average molecular weight is 236 g/mol. The van der Waals surface area contributed by atoms with Gasteiger partial charge in [0.25, 0.3) is 0 Å². The molecule has 0 saturated heterocycles. The van der Waals surface area contributed by atoms with E-state index in [4.69, 9.17) is 0 Å². The zero-order chi connectivity index (χ0) is 0. The van der Waals surface area contributed by atoms with Gasteiger partial charge in [-0.25, -0.2) is 0 Å². The molecule has 0 saturated carbocycles. The summed E-state index contributed by atoms with van der Waals surface area (Å²) in [4.78, 5) is 0. The molecule has 0 rings (SSSR count). The topological polar surface area (TPSA) is 0 Å². The minimum Gasteiger partial charge on any atom is 0 e. The molecule has 0 aromatic carbocycles. The van der Waals surface area contributed by atoms with Crippen molar-refractivity contribution in [3.63, 3.8) is 0 Å². The van der Waals surface area contributed by atoms with Crippen molar-refractivity contribution in [1.82, 2.24) is 0 Å². The van der Waals surface area contributed by atoms with Crippen LogP contribution >= 0.6 is 0 Å². The third-order valence-corrected chi connectivity index (χ3v) is 0. The van der Waals surface area contributed by atoms with Crippen molar-refractivity contribution in [2.24, 2.45) is 0 Å². The van der Waals surface area contributed by atoms with Crippen LogP contribution in [0.15, 0.2) is 0 Å². The van der Waals surface area contributed by atoms with E-state index in [2.05, 4.69) is 0 Å². The minimum absolute atomic E-state index is 0. The molecule has 0 aliphatic heterocycles. The first-order valence-corrected chi connectivity index (χ1v) is 0. The van der Waals surface area contributed by atoms with Crippen molar-refractivity contribution < 1.29 is 56.1 Å². The molecule has 0 aliphatic carbocycles. The van der Waals surface area contributed by atoms with Crippen molar-refractivity contribution in [2.75, 3.05) is 0 Å². The van der Waals surface area contributed by atoms with Gasteiger partial charge in [-0.1, -0.05) is 0 Å². The van der Waals surface area contributed by atoms with Gasteiger partial charge in [-0.2, -0.15) is 0 Å². The predicted octanol–water partition coefficient (Wildman–Crippen LogP) is -1.19. The number of hydrogen-bond acceptors (Lipinski definition) is 0. The summed E-state index contributed by atoms with van der Waals surface area (Å²) in [6, 6.07) is 0. The Balaban J connectivity index is 0. The van der Waals surface area contributed by atoms with Gasteiger partial charge in [0.05, 0.1) is 0 Å². The van der Waals surface area contributed by atoms with Crippen molar-refractivity contribution in [3.05, 3.63) is 0 Å². The van der Waals surface area contributed by atoms with Crippen LogP contribution in [0.5, 0.6) is 0 Å². The third kappa shape index (κ3) is 8.85. The van der Waals surface area contributed by atoms with Crippen LogP contribution in [-0.2, 0) is 56.1 Å². The van der Waals surface area contributed by atoms with Gasteiger partial charge in [0, 0.05) is 56.1 Å². The second-order valence-corrected chi connectivity index (χ2v) is 0. The average Bonchev–Trinajstić information content (AvgIpc) is 0. The fourth-order valence-electron chi connectivity index (χ4n) is 0. The summed E-state index contributed by atoms with van der Waals surface area (Å²) in [5.41, 5.74) is 0. The van der Waals surface area contributed by atoms with Gasteiger partial charge in [-0.05, 0) is 0 Å². The van der Waals surface area contributed by atoms with Gasteiger partial charge in [0.1, 0.15) is 0 Å². The molecule has 0 aromatic rings. The molecule has 0 heterocycles. The molecule has 0 aliphatic rings. The normalized spacial score (nSPS) is 0. The fraction of sp³-hybridized carbons (Fsp3) is 0. The first kappa shape index (κ1) is 33.5. The summed E-state index contributed by atoms with van der Waals surface area (Å²) in [5.74, 6) is 0. The van der Waals surface area contributed by atoms with Gasteiger partial charge in [0.15, 0.2) is 17.4 Å². The Kier molecular flexibility index (Phi) is 155. The Bertz CT molecular complexity index is 8.00. The maximum atomic E-state index is 0. The van der Waals surface area contributed by atoms with E-state index in [1.807, 2.05) is 0 Å². The Hall–Kier alpha value is 2.30. The van der Waals surface area contributed by atoms with Crippen molar-refractivity contribution in [3.8, 4) is 0 Å². The first-order chi connectivity index (χ1) is 0. The van der Waals surface area contributed by atoms with Crippen LogP contribution in [0.1, 0.15) is 0 Å². The minimum atomic E-state index is 0. The summed E-state index contributed by atoms with van der Waals surface area (Å²) < 4.78 is 0. The maximum absolute atomic E-state index is 0. The van der Waals surface area contributed by atoms with Crippen molar-refractivity contribution in [1.29, 1.82) is 0 Å². The molecule has 0 spiro atoms. The van der Waals surface area contributed by atoms with Crippen molar-refractivity contribution >= 4 is 17.4 Å². The van der Waals surface area contributed by atoms with Gasteiger partial charge >= 0.3 is 0 Å². The maximum Gasteiger partial charge on any atom is 0.187 e. The second kappa shape index (κ2) is 18.5. The van der Waals surface area contributed by atoms with Gasteiger partial charge in [-0.15, -0.1) is 0 Å². The van der Waals surface area contributed by atoms with Crippen LogP contribution in [0.25, 0.3) is 0 Å². The molecule has 0 aromatic heterocycles. The Morgan fingerprint density at radius 3 is 1.00 bits per heavy atom. The Morgan fingerprint density at radius 2 is 1.00 bits per heavy atom. The smallest absolute Gasteiger partial charge is 0 e. The van der Waals surface area contributed by atoms with Crippen LogP contribution in [-0.4, -0.2) is 17.4 Å². The first-order valence-electron chi connectivity index (χ1n) is 0. The second-order valence-electron chi connectivity index (χ2n) is 0. The number of rotatable bonds is 0. The molecular weight excluding hydrogens is 233 g/mol. The van der Waals surface area contributed by atoms with Crippen LogP contribution in [0.2, 0.25) is 0 Å². The monoisotopic (exact) mass is 237 g/mol. The van der Waals surface area contributed by atoms with Gasteiger partial charge in [0.2, 0.25) is 0 Å². The van der Waals surface area contributed by atoms with E-state index < -0.39 is 0 Å². The summed E-state index contributed by atoms with van der Waals surface area (Å²) in [6.45, 7) is 0. The summed E-state index contributed by atoms with van der Waals surface area (Å²) in [6.07, 6.45) is 0. The van der Waals surface area contributed by atoms with E-state index in [1.54, 1.807) is 0 Å². The molecule has 0 N–H and O–H groups in total. The molecule has 0 bridgehead atoms. The summed E-state index contributed by atoms with van der Waals surface area (Å²) in [7, 11) is 0. The molecule has 27 valence electrons. The molecule has 4 heavy (non-hydrogen) atoms. The zero-order valence-electron chi connectivity index (χ0n) is 1.17. The molecular formula is H3AlMoNiV. The molecule has 0 unspecified atom stereocenters. The summed E-state index contributed by atoms with van der Waals surface area (Å²) in [5, 5.41) is 0. The summed E-state index contributed by atoms with van der Waals surface area (Å²) >= 11 is 0. The Morgan fingerprint density at radius 1 is 1.00 bits per heavy atom.